The maximum Gasteiger partial charge on any atom is 0.338 e. The van der Waals surface area contributed by atoms with Gasteiger partial charge >= 0.3 is 5.97 Å². The lowest BCUT2D eigenvalue weighted by Gasteiger charge is -2.16. The maximum atomic E-state index is 12.4. The highest BCUT2D eigenvalue weighted by molar-refractivity contribution is 7.99. The first-order chi connectivity index (χ1) is 16.3. The Morgan fingerprint density at radius 2 is 1.88 bits per heavy atom. The fourth-order valence-electron chi connectivity index (χ4n) is 3.18. The van der Waals surface area contributed by atoms with Gasteiger partial charge < -0.3 is 19.4 Å². The van der Waals surface area contributed by atoms with Crippen LogP contribution in [0.2, 0.25) is 5.02 Å². The van der Waals surface area contributed by atoms with Gasteiger partial charge in [-0.15, -0.1) is 10.2 Å². The number of esters is 1. The molecule has 0 aliphatic rings. The van der Waals surface area contributed by atoms with E-state index in [1.54, 1.807) is 37.3 Å². The van der Waals surface area contributed by atoms with Crippen LogP contribution in [0.25, 0.3) is 0 Å². The van der Waals surface area contributed by atoms with Crippen molar-refractivity contribution in [2.75, 3.05) is 17.7 Å². The van der Waals surface area contributed by atoms with Gasteiger partial charge in [-0.05, 0) is 69.7 Å². The normalized spacial score (nSPS) is 11.7. The molecule has 3 aromatic rings. The molecule has 1 atom stereocenters. The van der Waals surface area contributed by atoms with E-state index in [-0.39, 0.29) is 17.8 Å². The number of nitrogens with zero attached hydrogens (tertiary/aromatic N) is 3. The number of benzene rings is 2. The summed E-state index contributed by atoms with van der Waals surface area (Å²) in [5, 5.41) is 12.5. The van der Waals surface area contributed by atoms with E-state index < -0.39 is 5.97 Å². The number of carbonyl (C=O) groups is 2. The number of hydrogen-bond donors (Lipinski definition) is 1. The summed E-state index contributed by atoms with van der Waals surface area (Å²) in [6.07, 6.45) is -0.382. The molecule has 8 nitrogen and oxygen atoms in total. The summed E-state index contributed by atoms with van der Waals surface area (Å²) < 4.78 is 12.9. The van der Waals surface area contributed by atoms with Gasteiger partial charge in [0.05, 0.1) is 22.9 Å². The molecule has 1 heterocycles. The SMILES string of the molecule is CCOC(=O)c1ccc(NC(=O)CSc2nnc(C(C)Oc3cc(C)ccc3Cl)n2CC)cc1. The molecule has 3 rings (SSSR count). The Balaban J connectivity index is 1.60. The minimum absolute atomic E-state index is 0.150. The van der Waals surface area contributed by atoms with Crippen LogP contribution in [0.5, 0.6) is 5.75 Å². The van der Waals surface area contributed by atoms with Gasteiger partial charge in [0, 0.05) is 12.2 Å². The third-order valence-corrected chi connectivity index (χ3v) is 6.11. The lowest BCUT2D eigenvalue weighted by Crippen LogP contribution is -2.15. The molecule has 2 aromatic carbocycles. The molecule has 0 fully saturated rings. The minimum atomic E-state index is -0.395. The largest absolute Gasteiger partial charge is 0.481 e. The number of rotatable bonds is 10. The number of halogens is 1. The van der Waals surface area contributed by atoms with Crippen molar-refractivity contribution in [2.45, 2.75) is 45.5 Å². The number of thioether (sulfide) groups is 1. The molecule has 1 aromatic heterocycles. The lowest BCUT2D eigenvalue weighted by molar-refractivity contribution is -0.113. The number of ether oxygens (including phenoxy) is 2. The number of amides is 1. The van der Waals surface area contributed by atoms with Crippen molar-refractivity contribution in [3.05, 3.63) is 64.4 Å². The molecular weight excluding hydrogens is 476 g/mol. The molecule has 0 bridgehead atoms. The number of nitrogens with one attached hydrogen (secondary N) is 1. The van der Waals surface area contributed by atoms with E-state index in [0.29, 0.717) is 46.2 Å². The van der Waals surface area contributed by atoms with Crippen LogP contribution < -0.4 is 10.1 Å². The zero-order valence-corrected chi connectivity index (χ0v) is 21.1. The zero-order valence-electron chi connectivity index (χ0n) is 19.5. The number of hydrogen-bond acceptors (Lipinski definition) is 7. The van der Waals surface area contributed by atoms with Crippen molar-refractivity contribution in [2.24, 2.45) is 0 Å². The van der Waals surface area contributed by atoms with E-state index in [9.17, 15) is 9.59 Å². The molecule has 1 unspecified atom stereocenters. The number of anilines is 1. The van der Waals surface area contributed by atoms with Gasteiger partial charge in [0.2, 0.25) is 5.91 Å². The van der Waals surface area contributed by atoms with E-state index in [1.807, 2.05) is 37.5 Å². The summed E-state index contributed by atoms with van der Waals surface area (Å²) in [6.45, 7) is 8.52. The monoisotopic (exact) mass is 502 g/mol. The summed E-state index contributed by atoms with van der Waals surface area (Å²) in [4.78, 5) is 24.2. The van der Waals surface area contributed by atoms with E-state index in [0.717, 1.165) is 5.56 Å². The molecule has 1 N–H and O–H groups in total. The second kappa shape index (κ2) is 11.9. The Hall–Kier alpha value is -3.04. The van der Waals surface area contributed by atoms with Gasteiger partial charge in [-0.1, -0.05) is 29.4 Å². The number of aromatic nitrogens is 3. The van der Waals surface area contributed by atoms with Gasteiger partial charge in [0.25, 0.3) is 0 Å². The highest BCUT2D eigenvalue weighted by atomic mass is 35.5. The van der Waals surface area contributed by atoms with Crippen LogP contribution >= 0.6 is 23.4 Å². The van der Waals surface area contributed by atoms with Crippen LogP contribution in [0, 0.1) is 6.92 Å². The van der Waals surface area contributed by atoms with Crippen molar-refractivity contribution >= 4 is 40.9 Å². The molecular formula is C24H27ClN4O4S. The van der Waals surface area contributed by atoms with Crippen LogP contribution in [0.15, 0.2) is 47.6 Å². The number of carbonyl (C=O) groups excluding carboxylic acids is 2. The standard InChI is InChI=1S/C24H27ClN4O4S/c1-5-29-22(16(4)33-20-13-15(3)7-12-19(20)25)27-28-24(29)34-14-21(30)26-18-10-8-17(9-11-18)23(31)32-6-2/h7-13,16H,5-6,14H2,1-4H3,(H,26,30). The Morgan fingerprint density at radius 1 is 1.15 bits per heavy atom. The van der Waals surface area contributed by atoms with Crippen molar-refractivity contribution < 1.29 is 19.1 Å². The first-order valence-corrected chi connectivity index (χ1v) is 12.2. The summed E-state index contributed by atoms with van der Waals surface area (Å²) in [6, 6.07) is 12.2. The molecule has 1 amide bonds. The second-order valence-corrected chi connectivity index (χ2v) is 8.76. The average Bonchev–Trinajstić information content (AvgIpc) is 3.24. The molecule has 0 radical (unpaired) electrons. The summed E-state index contributed by atoms with van der Waals surface area (Å²) >= 11 is 7.54. The van der Waals surface area contributed by atoms with Crippen molar-refractivity contribution in [1.29, 1.82) is 0 Å². The first kappa shape index (κ1) is 25.6. The smallest absolute Gasteiger partial charge is 0.338 e. The molecule has 0 aliphatic carbocycles. The van der Waals surface area contributed by atoms with Crippen molar-refractivity contribution in [3.8, 4) is 5.75 Å². The Kier molecular flexibility index (Phi) is 8.95. The zero-order chi connectivity index (χ0) is 24.7. The predicted molar refractivity (Wildman–Crippen MR) is 133 cm³/mol. The molecule has 10 heteroatoms. The molecule has 34 heavy (non-hydrogen) atoms. The quantitative estimate of drug-likeness (QED) is 0.296. The average molecular weight is 503 g/mol. The molecule has 0 spiro atoms. The molecule has 0 saturated heterocycles. The minimum Gasteiger partial charge on any atom is -0.481 e. The van der Waals surface area contributed by atoms with Gasteiger partial charge in [-0.25, -0.2) is 4.79 Å². The summed E-state index contributed by atoms with van der Waals surface area (Å²) in [5.74, 6) is 0.793. The maximum absolute atomic E-state index is 12.4. The predicted octanol–water partition coefficient (Wildman–Crippen LogP) is 5.31. The van der Waals surface area contributed by atoms with Gasteiger partial charge in [0.15, 0.2) is 17.1 Å². The van der Waals surface area contributed by atoms with Crippen LogP contribution in [0.4, 0.5) is 5.69 Å². The van der Waals surface area contributed by atoms with Crippen LogP contribution in [-0.2, 0) is 16.1 Å². The van der Waals surface area contributed by atoms with E-state index in [4.69, 9.17) is 21.1 Å². The van der Waals surface area contributed by atoms with Crippen molar-refractivity contribution in [3.63, 3.8) is 0 Å². The first-order valence-electron chi connectivity index (χ1n) is 10.9. The fourth-order valence-corrected chi connectivity index (χ4v) is 4.15. The number of aryl methyl sites for hydroxylation is 1. The molecule has 180 valence electrons. The van der Waals surface area contributed by atoms with Gasteiger partial charge in [-0.3, -0.25) is 4.79 Å². The Labute approximate surface area is 208 Å². The van der Waals surface area contributed by atoms with Crippen LogP contribution in [-0.4, -0.2) is 39.0 Å². The van der Waals surface area contributed by atoms with E-state index in [2.05, 4.69) is 15.5 Å². The second-order valence-electron chi connectivity index (χ2n) is 7.41. The van der Waals surface area contributed by atoms with Gasteiger partial charge in [0.1, 0.15) is 5.75 Å². The topological polar surface area (TPSA) is 95.3 Å². The van der Waals surface area contributed by atoms with Crippen molar-refractivity contribution in [1.82, 2.24) is 14.8 Å². The highest BCUT2D eigenvalue weighted by Crippen LogP contribution is 2.30. The van der Waals surface area contributed by atoms with E-state index >= 15 is 0 Å². The third kappa shape index (κ3) is 6.51. The fraction of sp³-hybridized carbons (Fsp3) is 0.333. The lowest BCUT2D eigenvalue weighted by atomic mass is 10.2. The van der Waals surface area contributed by atoms with Gasteiger partial charge in [-0.2, -0.15) is 0 Å². The highest BCUT2D eigenvalue weighted by Gasteiger charge is 2.20. The van der Waals surface area contributed by atoms with Crippen LogP contribution in [0.1, 0.15) is 48.6 Å². The Bertz CT molecular complexity index is 1150. The van der Waals surface area contributed by atoms with E-state index in [1.165, 1.54) is 11.8 Å². The molecule has 0 saturated carbocycles. The summed E-state index contributed by atoms with van der Waals surface area (Å²) in [5.41, 5.74) is 2.07. The summed E-state index contributed by atoms with van der Waals surface area (Å²) in [7, 11) is 0. The van der Waals surface area contributed by atoms with Crippen LogP contribution in [0.3, 0.4) is 0 Å². The molecule has 0 aliphatic heterocycles. The third-order valence-electron chi connectivity index (χ3n) is 4.83. The Morgan fingerprint density at radius 3 is 2.56 bits per heavy atom.